The quantitative estimate of drug-likeness (QED) is 0.0462. The van der Waals surface area contributed by atoms with E-state index in [0.717, 1.165) is 18.9 Å². The average molecular weight is 1260 g/mol. The number of carbonyl (C=O) groups is 3. The molecule has 0 aliphatic carbocycles. The second-order valence-electron chi connectivity index (χ2n) is 15.9. The van der Waals surface area contributed by atoms with Crippen LogP contribution in [-0.2, 0) is 40.3 Å². The number of nitrogens with zero attached hydrogens (tertiary/aromatic N) is 10. The molecule has 30 nitrogen and oxygen atoms in total. The Morgan fingerprint density at radius 1 is 0.937 bits per heavy atom. The molecule has 4 heterocycles. The van der Waals surface area contributed by atoms with E-state index >= 15 is 0 Å². The smallest absolute Gasteiger partial charge is 0.355 e. The fraction of sp³-hybridized carbons (Fsp3) is 0.425. The minimum atomic E-state index is -4.46. The highest BCUT2D eigenvalue weighted by molar-refractivity contribution is 7.94. The number of aryl methyl sites for hydroxylation is 1. The molecule has 1 unspecified atom stereocenters. The second kappa shape index (κ2) is 32.7. The number of amides is 3. The van der Waals surface area contributed by atoms with Gasteiger partial charge in [-0.25, -0.2) is 32.3 Å². The van der Waals surface area contributed by atoms with Crippen LogP contribution < -0.4 is 50.8 Å². The number of hydrogen-bond donors (Lipinski definition) is 8. The Bertz CT molecular complexity index is 3170. The zero-order chi connectivity index (χ0) is 60.7. The molecule has 0 radical (unpaired) electrons. The molecule has 0 saturated carbocycles. The number of hydrogen-bond acceptors (Lipinski definition) is 22. The van der Waals surface area contributed by atoms with E-state index in [0.29, 0.717) is 27.5 Å². The summed E-state index contributed by atoms with van der Waals surface area (Å²) in [6, 6.07) is 5.48. The van der Waals surface area contributed by atoms with Crippen LogP contribution in [0.3, 0.4) is 0 Å². The summed E-state index contributed by atoms with van der Waals surface area (Å²) < 4.78 is 97.9. The van der Waals surface area contributed by atoms with Gasteiger partial charge >= 0.3 is 24.2 Å². The monoisotopic (exact) mass is 1260 g/mol. The third-order valence-corrected chi connectivity index (χ3v) is 11.2. The maximum Gasteiger partial charge on any atom is 0.355 e. The first-order valence-corrected chi connectivity index (χ1v) is 30.4. The molecule has 0 saturated heterocycles. The Kier molecular flexibility index (Phi) is 29.3. The number of carboxylic acid groups (broad SMARTS) is 1. The Labute approximate surface area is 470 Å². The van der Waals surface area contributed by atoms with Gasteiger partial charge in [0.05, 0.1) is 85.1 Å². The SMILES string of the molecule is CCNc1nc(Cl)nc(NC(C)C)n1.COc1cc(OC)nc(NC(=O)NS(=O)(=O)c2ncccc2C(=O)N(C)C)n1.C[S+](C)C.Cc1nn(-c2cc(NS(C)(=O)=O)c(Cl)cc2Cl)c(=O)n1C(F)F.O=C(O)CNCP(=O)([O-])O. The molecule has 440 valence electrons. The molecular weight excluding hydrogens is 1200 g/mol. The van der Waals surface area contributed by atoms with Crippen molar-refractivity contribution in [3.8, 4) is 17.4 Å². The highest BCUT2D eigenvalue weighted by Crippen LogP contribution is 2.32. The van der Waals surface area contributed by atoms with Gasteiger partial charge in [-0.15, -0.1) is 5.10 Å². The van der Waals surface area contributed by atoms with E-state index in [-0.39, 0.29) is 66.4 Å². The van der Waals surface area contributed by atoms with Crippen LogP contribution in [0.5, 0.6) is 11.8 Å². The van der Waals surface area contributed by atoms with Crippen LogP contribution in [-0.4, -0.2) is 173 Å². The summed E-state index contributed by atoms with van der Waals surface area (Å²) in [4.78, 5) is 88.7. The first-order valence-electron chi connectivity index (χ1n) is 21.7. The second-order valence-corrected chi connectivity index (χ2v) is 24.4. The van der Waals surface area contributed by atoms with E-state index < -0.39 is 75.6 Å². The number of ether oxygens (including phenoxy) is 2. The van der Waals surface area contributed by atoms with Gasteiger partial charge in [-0.1, -0.05) is 23.2 Å². The number of halogens is 5. The van der Waals surface area contributed by atoms with Crippen molar-refractivity contribution in [3.63, 3.8) is 0 Å². The molecule has 79 heavy (non-hydrogen) atoms. The first-order chi connectivity index (χ1) is 36.4. The lowest BCUT2D eigenvalue weighted by Gasteiger charge is -2.14. The molecule has 1 aromatic carbocycles. The Hall–Kier alpha value is -6.30. The highest BCUT2D eigenvalue weighted by Gasteiger charge is 2.27. The van der Waals surface area contributed by atoms with Crippen molar-refractivity contribution < 1.29 is 68.9 Å². The molecule has 0 spiro atoms. The van der Waals surface area contributed by atoms with Crippen molar-refractivity contribution in [2.24, 2.45) is 0 Å². The Morgan fingerprint density at radius 3 is 1.97 bits per heavy atom. The number of aromatic nitrogens is 9. The lowest BCUT2D eigenvalue weighted by Crippen LogP contribution is -2.36. The molecule has 0 bridgehead atoms. The van der Waals surface area contributed by atoms with Gasteiger partial charge in [-0.2, -0.15) is 46.8 Å². The Morgan fingerprint density at radius 2 is 1.51 bits per heavy atom. The zero-order valence-corrected chi connectivity index (χ0v) is 49.7. The van der Waals surface area contributed by atoms with E-state index in [1.807, 2.05) is 26.1 Å². The molecule has 0 aliphatic heterocycles. The molecule has 8 N–H and O–H groups in total. The van der Waals surface area contributed by atoms with Gasteiger partial charge in [-0.3, -0.25) is 24.9 Å². The number of aliphatic carboxylic acids is 1. The van der Waals surface area contributed by atoms with Crippen molar-refractivity contribution in [1.82, 2.24) is 59.2 Å². The Balaban J connectivity index is 0.000000546. The molecule has 3 amide bonds. The average Bonchev–Trinajstić information content (AvgIpc) is 3.61. The molecule has 5 rings (SSSR count). The number of alkyl halides is 2. The van der Waals surface area contributed by atoms with Gasteiger partial charge in [0.15, 0.2) is 5.03 Å². The van der Waals surface area contributed by atoms with Gasteiger partial charge in [-0.05, 0) is 74.5 Å². The number of carbonyl (C=O) groups excluding carboxylic acids is 2. The number of rotatable bonds is 18. The van der Waals surface area contributed by atoms with Crippen LogP contribution in [0.2, 0.25) is 15.3 Å². The minimum absolute atomic E-state index is 0.0257. The van der Waals surface area contributed by atoms with Crippen molar-refractivity contribution in [1.29, 1.82) is 0 Å². The predicted octanol–water partition coefficient (Wildman–Crippen LogP) is 2.95. The van der Waals surface area contributed by atoms with Crippen LogP contribution in [0.1, 0.15) is 43.5 Å². The van der Waals surface area contributed by atoms with Gasteiger partial charge in [0.2, 0.25) is 44.9 Å². The van der Waals surface area contributed by atoms with Gasteiger partial charge in [0.25, 0.3) is 15.9 Å². The summed E-state index contributed by atoms with van der Waals surface area (Å²) in [5.74, 6) is -1.07. The number of anilines is 4. The van der Waals surface area contributed by atoms with E-state index in [1.54, 1.807) is 4.72 Å². The van der Waals surface area contributed by atoms with Gasteiger partial charge in [0.1, 0.15) is 13.4 Å². The molecule has 0 fully saturated rings. The van der Waals surface area contributed by atoms with Gasteiger partial charge < -0.3 is 44.5 Å². The number of sulfonamides is 2. The standard InChI is InChI=1S/C15H18N6O6S.C11H10Cl2F2N4O3S.C8H14ClN5.C3H8NO5P.C3H9S/c1-21(2)13(22)9-6-5-7-16-12(9)28(24,25)20-15(23)19-14-17-10(26-3)8-11(18-14)27-4;1-5-16-19(11(20)18(5)10(14)15)9-4-8(17-23(2,21)22)6(12)3-7(9)13;1-4-10-7-12-6(9)13-8(14-7)11-5(2)3;5-3(6)1-4-2-10(7,8)9;1-4(2)3/h5-8H,1-4H3,(H2,17,18,19,20,23);3-4,10,17H,1-2H3;5H,4H2,1-3H3,(H2,10,11,12,13,14);4H,1-2H2,(H,5,6)(H2,7,8,9);1-3H3/q;;;;+1/p-1. The first kappa shape index (κ1) is 70.7. The normalized spacial score (nSPS) is 11.6. The summed E-state index contributed by atoms with van der Waals surface area (Å²) in [7, 11) is -6.20. The minimum Gasteiger partial charge on any atom is -0.778 e. The van der Waals surface area contributed by atoms with Crippen LogP contribution >= 0.6 is 42.4 Å². The van der Waals surface area contributed by atoms with Gasteiger partial charge in [0, 0.05) is 32.9 Å². The molecular formula is C40H58Cl3F2N16O14PS3. The number of carboxylic acids is 1. The number of methoxy groups -OCH3 is 2. The summed E-state index contributed by atoms with van der Waals surface area (Å²) in [6.45, 7) is 4.40. The van der Waals surface area contributed by atoms with Crippen LogP contribution in [0, 0.1) is 6.92 Å². The number of nitrogens with one attached hydrogen (secondary N) is 6. The van der Waals surface area contributed by atoms with E-state index in [9.17, 15) is 54.3 Å². The van der Waals surface area contributed by atoms with Crippen LogP contribution in [0.15, 0.2) is 46.3 Å². The van der Waals surface area contributed by atoms with Crippen LogP contribution in [0.25, 0.3) is 5.69 Å². The lowest BCUT2D eigenvalue weighted by molar-refractivity contribution is -0.193. The molecule has 4 aromatic heterocycles. The molecule has 5 aromatic rings. The highest BCUT2D eigenvalue weighted by atomic mass is 35.5. The van der Waals surface area contributed by atoms with E-state index in [2.05, 4.69) is 74.4 Å². The lowest BCUT2D eigenvalue weighted by atomic mass is 10.2. The third kappa shape index (κ3) is 26.5. The fourth-order valence-electron chi connectivity index (χ4n) is 5.02. The maximum atomic E-state index is 12.8. The summed E-state index contributed by atoms with van der Waals surface area (Å²) >= 11 is 17.6. The van der Waals surface area contributed by atoms with Crippen molar-refractivity contribution in [3.05, 3.63) is 73.7 Å². The summed E-state index contributed by atoms with van der Waals surface area (Å²) in [5, 5.41) is 21.4. The molecule has 39 heteroatoms. The topological polar surface area (TPSA) is 411 Å². The van der Waals surface area contributed by atoms with Crippen molar-refractivity contribution in [2.45, 2.75) is 45.3 Å². The zero-order valence-electron chi connectivity index (χ0n) is 44.1. The summed E-state index contributed by atoms with van der Waals surface area (Å²) in [6.07, 6.45) is 7.97. The largest absolute Gasteiger partial charge is 0.778 e. The maximum absolute atomic E-state index is 12.8. The van der Waals surface area contributed by atoms with E-state index in [1.165, 1.54) is 70.6 Å². The predicted molar refractivity (Wildman–Crippen MR) is 292 cm³/mol. The van der Waals surface area contributed by atoms with Crippen molar-refractivity contribution in [2.75, 3.05) is 93.4 Å². The molecule has 1 atom stereocenters. The number of pyridine rings is 1. The number of benzene rings is 1. The molecule has 0 aliphatic rings. The van der Waals surface area contributed by atoms with Crippen LogP contribution in [0.4, 0.5) is 37.1 Å². The number of urea groups is 1. The fourth-order valence-corrected chi connectivity index (χ4v) is 7.75. The third-order valence-electron chi connectivity index (χ3n) is 7.90. The van der Waals surface area contributed by atoms with Crippen molar-refractivity contribution >= 4 is 115 Å². The van der Waals surface area contributed by atoms with E-state index in [4.69, 9.17) is 54.3 Å². The summed E-state index contributed by atoms with van der Waals surface area (Å²) in [5.41, 5.74) is -1.46.